The molecular weight excluding hydrogens is 252 g/mol. The molecule has 1 aromatic rings. The topological polar surface area (TPSA) is 71.3 Å². The van der Waals surface area contributed by atoms with Crippen molar-refractivity contribution in [2.75, 3.05) is 13.6 Å². The van der Waals surface area contributed by atoms with Crippen LogP contribution in [0.4, 0.5) is 0 Å². The first-order valence-corrected chi connectivity index (χ1v) is 7.46. The van der Waals surface area contributed by atoms with Crippen LogP contribution in [0, 0.1) is 5.41 Å². The standard InChI is InChI=1S/C12H22N2O3S/c1-12(2,3)7-8-14-18(15,16)11-6-5-10(17-11)9-13-4/h5-6,13-14H,7-9H2,1-4H3. The normalized spacial score (nSPS) is 12.9. The third-order valence-corrected chi connectivity index (χ3v) is 3.75. The highest BCUT2D eigenvalue weighted by atomic mass is 32.2. The molecule has 0 saturated heterocycles. The SMILES string of the molecule is CNCc1ccc(S(=O)(=O)NCCC(C)(C)C)o1. The second-order valence-corrected chi connectivity index (χ2v) is 7.16. The molecule has 0 aliphatic heterocycles. The molecule has 1 aromatic heterocycles. The zero-order valence-corrected chi connectivity index (χ0v) is 12.2. The van der Waals surface area contributed by atoms with E-state index in [4.69, 9.17) is 4.42 Å². The molecule has 0 saturated carbocycles. The molecule has 2 N–H and O–H groups in total. The maximum atomic E-state index is 11.9. The number of hydrogen-bond donors (Lipinski definition) is 2. The first-order chi connectivity index (χ1) is 8.24. The van der Waals surface area contributed by atoms with E-state index in [2.05, 4.69) is 30.8 Å². The van der Waals surface area contributed by atoms with E-state index in [-0.39, 0.29) is 10.5 Å². The van der Waals surface area contributed by atoms with Gasteiger partial charge in [-0.1, -0.05) is 20.8 Å². The van der Waals surface area contributed by atoms with Crippen LogP contribution in [0.3, 0.4) is 0 Å². The number of furan rings is 1. The van der Waals surface area contributed by atoms with Crippen LogP contribution in [0.2, 0.25) is 0 Å². The van der Waals surface area contributed by atoms with Gasteiger partial charge in [0.05, 0.1) is 6.54 Å². The van der Waals surface area contributed by atoms with E-state index in [1.807, 2.05) is 0 Å². The van der Waals surface area contributed by atoms with Crippen molar-refractivity contribution in [2.24, 2.45) is 5.41 Å². The average Bonchev–Trinajstić information content (AvgIpc) is 2.65. The van der Waals surface area contributed by atoms with Gasteiger partial charge in [0.1, 0.15) is 5.76 Å². The predicted molar refractivity (Wildman–Crippen MR) is 70.7 cm³/mol. The van der Waals surface area contributed by atoms with Gasteiger partial charge in [0.25, 0.3) is 10.0 Å². The number of hydrogen-bond acceptors (Lipinski definition) is 4. The summed E-state index contributed by atoms with van der Waals surface area (Å²) < 4.78 is 31.6. The Morgan fingerprint density at radius 2 is 1.94 bits per heavy atom. The van der Waals surface area contributed by atoms with Crippen molar-refractivity contribution in [3.63, 3.8) is 0 Å². The van der Waals surface area contributed by atoms with E-state index in [0.717, 1.165) is 6.42 Å². The second kappa shape index (κ2) is 5.86. The lowest BCUT2D eigenvalue weighted by atomic mass is 9.93. The van der Waals surface area contributed by atoms with Crippen molar-refractivity contribution in [3.05, 3.63) is 17.9 Å². The molecule has 0 radical (unpaired) electrons. The summed E-state index contributed by atoms with van der Waals surface area (Å²) in [7, 11) is -1.75. The van der Waals surface area contributed by atoms with Crippen LogP contribution < -0.4 is 10.0 Å². The van der Waals surface area contributed by atoms with E-state index in [1.54, 1.807) is 13.1 Å². The van der Waals surface area contributed by atoms with Gasteiger partial charge in [-0.3, -0.25) is 0 Å². The molecule has 0 aliphatic rings. The summed E-state index contributed by atoms with van der Waals surface area (Å²) in [5, 5.41) is 2.88. The predicted octanol–water partition coefficient (Wildman–Crippen LogP) is 1.71. The molecule has 5 nitrogen and oxygen atoms in total. The molecule has 0 fully saturated rings. The Bertz CT molecular complexity index is 472. The molecule has 1 rings (SSSR count). The lowest BCUT2D eigenvalue weighted by Crippen LogP contribution is -2.27. The van der Waals surface area contributed by atoms with Gasteiger partial charge in [-0.15, -0.1) is 0 Å². The fourth-order valence-electron chi connectivity index (χ4n) is 1.40. The van der Waals surface area contributed by atoms with E-state index < -0.39 is 10.0 Å². The largest absolute Gasteiger partial charge is 0.447 e. The van der Waals surface area contributed by atoms with Crippen molar-refractivity contribution in [3.8, 4) is 0 Å². The molecule has 6 heteroatoms. The smallest absolute Gasteiger partial charge is 0.273 e. The highest BCUT2D eigenvalue weighted by molar-refractivity contribution is 7.89. The van der Waals surface area contributed by atoms with E-state index in [0.29, 0.717) is 18.8 Å². The lowest BCUT2D eigenvalue weighted by Gasteiger charge is -2.17. The van der Waals surface area contributed by atoms with Gasteiger partial charge >= 0.3 is 0 Å². The molecule has 0 amide bonds. The molecule has 104 valence electrons. The average molecular weight is 274 g/mol. The van der Waals surface area contributed by atoms with E-state index in [1.165, 1.54) is 6.07 Å². The zero-order valence-electron chi connectivity index (χ0n) is 11.4. The Morgan fingerprint density at radius 1 is 1.28 bits per heavy atom. The van der Waals surface area contributed by atoms with Gasteiger partial charge in [-0.2, -0.15) is 0 Å². The highest BCUT2D eigenvalue weighted by Crippen LogP contribution is 2.18. The fraction of sp³-hybridized carbons (Fsp3) is 0.667. The molecule has 0 bridgehead atoms. The van der Waals surface area contributed by atoms with E-state index in [9.17, 15) is 8.42 Å². The first-order valence-electron chi connectivity index (χ1n) is 5.97. The molecule has 0 aliphatic carbocycles. The molecule has 0 spiro atoms. The van der Waals surface area contributed by atoms with Crippen molar-refractivity contribution < 1.29 is 12.8 Å². The van der Waals surface area contributed by atoms with Crippen molar-refractivity contribution >= 4 is 10.0 Å². The maximum absolute atomic E-state index is 11.9. The van der Waals surface area contributed by atoms with Crippen LogP contribution in [0.25, 0.3) is 0 Å². The lowest BCUT2D eigenvalue weighted by molar-refractivity contribution is 0.374. The number of rotatable bonds is 6. The summed E-state index contributed by atoms with van der Waals surface area (Å²) in [5.41, 5.74) is 0.100. The summed E-state index contributed by atoms with van der Waals surface area (Å²) in [6, 6.07) is 3.14. The minimum Gasteiger partial charge on any atom is -0.447 e. The summed E-state index contributed by atoms with van der Waals surface area (Å²) in [4.78, 5) is 0. The summed E-state index contributed by atoms with van der Waals surface area (Å²) in [6.07, 6.45) is 0.774. The minimum absolute atomic E-state index is 0.0262. The van der Waals surface area contributed by atoms with Crippen LogP contribution in [0.15, 0.2) is 21.6 Å². The van der Waals surface area contributed by atoms with Crippen LogP contribution in [0.5, 0.6) is 0 Å². The fourth-order valence-corrected chi connectivity index (χ4v) is 2.38. The molecule has 0 atom stereocenters. The summed E-state index contributed by atoms with van der Waals surface area (Å²) in [5.74, 6) is 0.605. The first kappa shape index (κ1) is 15.2. The highest BCUT2D eigenvalue weighted by Gasteiger charge is 2.19. The molecule has 0 unspecified atom stereocenters. The summed E-state index contributed by atoms with van der Waals surface area (Å²) >= 11 is 0. The third kappa shape index (κ3) is 4.80. The second-order valence-electron chi connectivity index (χ2n) is 5.46. The Hall–Kier alpha value is -0.850. The monoisotopic (exact) mass is 274 g/mol. The Morgan fingerprint density at radius 3 is 2.50 bits per heavy atom. The Labute approximate surface area is 109 Å². The van der Waals surface area contributed by atoms with Crippen LogP contribution >= 0.6 is 0 Å². The van der Waals surface area contributed by atoms with Crippen LogP contribution in [-0.4, -0.2) is 22.0 Å². The zero-order chi connectivity index (χ0) is 13.8. The van der Waals surface area contributed by atoms with Crippen molar-refractivity contribution in [1.82, 2.24) is 10.0 Å². The number of sulfonamides is 1. The molecule has 0 aromatic carbocycles. The Kier molecular flexibility index (Phi) is 4.95. The number of nitrogens with one attached hydrogen (secondary N) is 2. The van der Waals surface area contributed by atoms with Gasteiger partial charge in [-0.25, -0.2) is 13.1 Å². The van der Waals surface area contributed by atoms with Gasteiger partial charge in [0, 0.05) is 6.54 Å². The third-order valence-electron chi connectivity index (χ3n) is 2.42. The van der Waals surface area contributed by atoms with Crippen LogP contribution in [-0.2, 0) is 16.6 Å². The minimum atomic E-state index is -3.52. The molecule has 18 heavy (non-hydrogen) atoms. The summed E-state index contributed by atoms with van der Waals surface area (Å²) in [6.45, 7) is 7.13. The van der Waals surface area contributed by atoms with Gasteiger partial charge in [0.2, 0.25) is 5.09 Å². The quantitative estimate of drug-likeness (QED) is 0.828. The van der Waals surface area contributed by atoms with Crippen molar-refractivity contribution in [2.45, 2.75) is 38.8 Å². The van der Waals surface area contributed by atoms with Crippen molar-refractivity contribution in [1.29, 1.82) is 0 Å². The van der Waals surface area contributed by atoms with E-state index >= 15 is 0 Å². The van der Waals surface area contributed by atoms with Gasteiger partial charge in [0.15, 0.2) is 0 Å². The molecule has 1 heterocycles. The molecular formula is C12H22N2O3S. The van der Waals surface area contributed by atoms with Gasteiger partial charge < -0.3 is 9.73 Å². The van der Waals surface area contributed by atoms with Gasteiger partial charge in [-0.05, 0) is 31.0 Å². The maximum Gasteiger partial charge on any atom is 0.273 e. The Balaban J connectivity index is 2.62. The van der Waals surface area contributed by atoms with Crippen LogP contribution in [0.1, 0.15) is 33.0 Å².